The van der Waals surface area contributed by atoms with Crippen molar-refractivity contribution in [2.45, 2.75) is 20.8 Å². The van der Waals surface area contributed by atoms with Gasteiger partial charge < -0.3 is 5.32 Å². The molecule has 0 aliphatic carbocycles. The van der Waals surface area contributed by atoms with E-state index in [4.69, 9.17) is 0 Å². The minimum atomic E-state index is -0.120. The van der Waals surface area contributed by atoms with E-state index in [-0.39, 0.29) is 17.4 Å². The Morgan fingerprint density at radius 1 is 1.12 bits per heavy atom. The van der Waals surface area contributed by atoms with Crippen LogP contribution in [0.4, 0.5) is 5.69 Å². The number of hydrogen-bond acceptors (Lipinski definition) is 3. The number of rotatable bonds is 3. The van der Waals surface area contributed by atoms with Crippen LogP contribution in [-0.2, 0) is 4.79 Å². The fourth-order valence-electron chi connectivity index (χ4n) is 2.56. The molecule has 3 rings (SSSR count). The predicted molar refractivity (Wildman–Crippen MR) is 95.5 cm³/mol. The van der Waals surface area contributed by atoms with Gasteiger partial charge in [-0.15, -0.1) is 0 Å². The molecule has 0 radical (unpaired) electrons. The van der Waals surface area contributed by atoms with E-state index in [1.165, 1.54) is 0 Å². The summed E-state index contributed by atoms with van der Waals surface area (Å²) in [5.41, 5.74) is 1.90. The Labute approximate surface area is 140 Å². The van der Waals surface area contributed by atoms with E-state index in [2.05, 4.69) is 10.3 Å². The summed E-state index contributed by atoms with van der Waals surface area (Å²) in [6, 6.07) is 14.5. The van der Waals surface area contributed by atoms with Gasteiger partial charge in [0.25, 0.3) is 5.56 Å². The van der Waals surface area contributed by atoms with Crippen LogP contribution in [0.3, 0.4) is 0 Å². The summed E-state index contributed by atoms with van der Waals surface area (Å²) in [7, 11) is 0. The van der Waals surface area contributed by atoms with Gasteiger partial charge in [-0.2, -0.15) is 0 Å². The quantitative estimate of drug-likeness (QED) is 0.805. The van der Waals surface area contributed by atoms with E-state index in [0.29, 0.717) is 28.1 Å². The average Bonchev–Trinajstić information content (AvgIpc) is 2.55. The fraction of sp³-hybridized carbons (Fsp3) is 0.211. The molecule has 24 heavy (non-hydrogen) atoms. The number of hydrogen-bond donors (Lipinski definition) is 1. The number of aryl methyl sites for hydroxylation is 1. The van der Waals surface area contributed by atoms with E-state index >= 15 is 0 Å². The number of carbonyl (C=O) groups excluding carboxylic acids is 1. The standard InChI is InChI=1S/C19H19N3O2/c1-12(2)18(23)21-14-7-6-8-15(11-14)22-13(3)20-17-10-5-4-9-16(17)19(22)24/h4-12H,1-3H3,(H,21,23). The van der Waals surface area contributed by atoms with Gasteiger partial charge in [-0.05, 0) is 37.3 Å². The zero-order valence-corrected chi connectivity index (χ0v) is 13.9. The monoisotopic (exact) mass is 321 g/mol. The molecule has 0 atom stereocenters. The van der Waals surface area contributed by atoms with Crippen LogP contribution < -0.4 is 10.9 Å². The zero-order valence-electron chi connectivity index (χ0n) is 13.9. The molecule has 0 saturated heterocycles. The van der Waals surface area contributed by atoms with Gasteiger partial charge in [-0.1, -0.05) is 32.0 Å². The summed E-state index contributed by atoms with van der Waals surface area (Å²) < 4.78 is 1.56. The maximum atomic E-state index is 12.8. The van der Waals surface area contributed by atoms with Crippen LogP contribution in [-0.4, -0.2) is 15.5 Å². The van der Waals surface area contributed by atoms with E-state index in [0.717, 1.165) is 0 Å². The summed E-state index contributed by atoms with van der Waals surface area (Å²) in [6.45, 7) is 5.47. The second kappa shape index (κ2) is 6.28. The average molecular weight is 321 g/mol. The third-order valence-electron chi connectivity index (χ3n) is 3.84. The molecular formula is C19H19N3O2. The summed E-state index contributed by atoms with van der Waals surface area (Å²) in [5, 5.41) is 3.42. The number of aromatic nitrogens is 2. The molecule has 3 aromatic rings. The maximum absolute atomic E-state index is 12.8. The molecule has 0 spiro atoms. The number of nitrogens with one attached hydrogen (secondary N) is 1. The second-order valence-corrected chi connectivity index (χ2v) is 6.01. The van der Waals surface area contributed by atoms with Crippen molar-refractivity contribution in [3.63, 3.8) is 0 Å². The van der Waals surface area contributed by atoms with E-state index in [1.807, 2.05) is 44.2 Å². The van der Waals surface area contributed by atoms with Gasteiger partial charge in [-0.25, -0.2) is 4.98 Å². The number of fused-ring (bicyclic) bond motifs is 1. The van der Waals surface area contributed by atoms with Crippen molar-refractivity contribution in [2.24, 2.45) is 5.92 Å². The summed E-state index contributed by atoms with van der Waals surface area (Å²) in [4.78, 5) is 29.2. The van der Waals surface area contributed by atoms with Crippen molar-refractivity contribution >= 4 is 22.5 Å². The minimum Gasteiger partial charge on any atom is -0.326 e. The lowest BCUT2D eigenvalue weighted by atomic mass is 10.2. The molecule has 0 unspecified atom stereocenters. The highest BCUT2D eigenvalue weighted by atomic mass is 16.2. The molecule has 0 aliphatic rings. The number of amides is 1. The van der Waals surface area contributed by atoms with Gasteiger partial charge in [-0.3, -0.25) is 14.2 Å². The smallest absolute Gasteiger partial charge is 0.265 e. The van der Waals surface area contributed by atoms with Crippen LogP contribution in [0.5, 0.6) is 0 Å². The Hall–Kier alpha value is -2.95. The molecule has 1 N–H and O–H groups in total. The van der Waals surface area contributed by atoms with Gasteiger partial charge in [0.05, 0.1) is 16.6 Å². The van der Waals surface area contributed by atoms with Crippen LogP contribution in [0.15, 0.2) is 53.3 Å². The third-order valence-corrected chi connectivity index (χ3v) is 3.84. The minimum absolute atomic E-state index is 0.0622. The van der Waals surface area contributed by atoms with Gasteiger partial charge in [0.15, 0.2) is 0 Å². The molecule has 2 aromatic carbocycles. The molecule has 1 amide bonds. The Kier molecular flexibility index (Phi) is 4.16. The molecule has 1 aromatic heterocycles. The Balaban J connectivity index is 2.11. The first kappa shape index (κ1) is 15.9. The highest BCUT2D eigenvalue weighted by Crippen LogP contribution is 2.17. The summed E-state index contributed by atoms with van der Waals surface area (Å²) >= 11 is 0. The molecular weight excluding hydrogens is 302 g/mol. The van der Waals surface area contributed by atoms with Crippen molar-refractivity contribution in [3.8, 4) is 5.69 Å². The van der Waals surface area contributed by atoms with Crippen LogP contribution in [0, 0.1) is 12.8 Å². The van der Waals surface area contributed by atoms with Crippen molar-refractivity contribution in [3.05, 3.63) is 64.7 Å². The molecule has 0 bridgehead atoms. The lowest BCUT2D eigenvalue weighted by molar-refractivity contribution is -0.118. The molecule has 5 heteroatoms. The summed E-state index contributed by atoms with van der Waals surface area (Å²) in [5.74, 6) is 0.430. The van der Waals surface area contributed by atoms with Crippen LogP contribution >= 0.6 is 0 Å². The molecule has 0 saturated carbocycles. The number of anilines is 1. The first-order chi connectivity index (χ1) is 11.5. The van der Waals surface area contributed by atoms with Crippen molar-refractivity contribution in [1.29, 1.82) is 0 Å². The van der Waals surface area contributed by atoms with E-state index < -0.39 is 0 Å². The number of benzene rings is 2. The number of nitrogens with zero attached hydrogens (tertiary/aromatic N) is 2. The summed E-state index contributed by atoms with van der Waals surface area (Å²) in [6.07, 6.45) is 0. The Morgan fingerprint density at radius 2 is 1.88 bits per heavy atom. The third kappa shape index (κ3) is 2.93. The highest BCUT2D eigenvalue weighted by Gasteiger charge is 2.11. The van der Waals surface area contributed by atoms with E-state index in [1.54, 1.807) is 29.7 Å². The molecule has 0 aliphatic heterocycles. The molecule has 1 heterocycles. The van der Waals surface area contributed by atoms with Gasteiger partial charge in [0, 0.05) is 11.6 Å². The number of carbonyl (C=O) groups is 1. The topological polar surface area (TPSA) is 64.0 Å². The molecule has 0 fully saturated rings. The van der Waals surface area contributed by atoms with Crippen LogP contribution in [0.2, 0.25) is 0 Å². The van der Waals surface area contributed by atoms with Crippen LogP contribution in [0.1, 0.15) is 19.7 Å². The number of para-hydroxylation sites is 1. The Morgan fingerprint density at radius 3 is 2.62 bits per heavy atom. The van der Waals surface area contributed by atoms with Gasteiger partial charge in [0.2, 0.25) is 5.91 Å². The Bertz CT molecular complexity index is 974. The van der Waals surface area contributed by atoms with Crippen molar-refractivity contribution < 1.29 is 4.79 Å². The van der Waals surface area contributed by atoms with Crippen molar-refractivity contribution in [1.82, 2.24) is 9.55 Å². The zero-order chi connectivity index (χ0) is 17.3. The maximum Gasteiger partial charge on any atom is 0.265 e. The van der Waals surface area contributed by atoms with Gasteiger partial charge in [0.1, 0.15) is 5.82 Å². The SMILES string of the molecule is Cc1nc2ccccc2c(=O)n1-c1cccc(NC(=O)C(C)C)c1. The predicted octanol–water partition coefficient (Wildman–Crippen LogP) is 3.29. The largest absolute Gasteiger partial charge is 0.326 e. The molecule has 122 valence electrons. The molecule has 5 nitrogen and oxygen atoms in total. The first-order valence-corrected chi connectivity index (χ1v) is 7.87. The lowest BCUT2D eigenvalue weighted by Gasteiger charge is -2.13. The van der Waals surface area contributed by atoms with Crippen LogP contribution in [0.25, 0.3) is 16.6 Å². The first-order valence-electron chi connectivity index (χ1n) is 7.87. The fourth-order valence-corrected chi connectivity index (χ4v) is 2.56. The highest BCUT2D eigenvalue weighted by molar-refractivity contribution is 5.92. The van der Waals surface area contributed by atoms with Crippen molar-refractivity contribution in [2.75, 3.05) is 5.32 Å². The van der Waals surface area contributed by atoms with Gasteiger partial charge >= 0.3 is 0 Å². The second-order valence-electron chi connectivity index (χ2n) is 6.01. The lowest BCUT2D eigenvalue weighted by Crippen LogP contribution is -2.22. The van der Waals surface area contributed by atoms with E-state index in [9.17, 15) is 9.59 Å². The normalized spacial score (nSPS) is 11.0.